The lowest BCUT2D eigenvalue weighted by molar-refractivity contribution is 0.344. The molecule has 0 bridgehead atoms. The van der Waals surface area contributed by atoms with E-state index in [0.717, 1.165) is 18.9 Å². The number of hydrogen-bond acceptors (Lipinski definition) is 1. The van der Waals surface area contributed by atoms with Gasteiger partial charge < -0.3 is 5.32 Å². The van der Waals surface area contributed by atoms with Gasteiger partial charge in [0.05, 0.1) is 4.47 Å². The fourth-order valence-electron chi connectivity index (χ4n) is 2.58. The summed E-state index contributed by atoms with van der Waals surface area (Å²) in [5.41, 5.74) is 1.20. The Hall–Kier alpha value is -0.410. The Morgan fingerprint density at radius 2 is 2.17 bits per heavy atom. The highest BCUT2D eigenvalue weighted by Gasteiger charge is 2.32. The Balaban J connectivity index is 2.04. The van der Waals surface area contributed by atoms with Gasteiger partial charge in [-0.1, -0.05) is 19.9 Å². The highest BCUT2D eigenvalue weighted by atomic mass is 79.9. The van der Waals surface area contributed by atoms with E-state index in [1.807, 2.05) is 12.1 Å². The molecule has 1 aromatic carbocycles. The van der Waals surface area contributed by atoms with Gasteiger partial charge in [-0.25, -0.2) is 4.39 Å². The van der Waals surface area contributed by atoms with Crippen LogP contribution in [0.4, 0.5) is 4.39 Å². The molecule has 0 spiro atoms. The van der Waals surface area contributed by atoms with E-state index in [0.29, 0.717) is 16.4 Å². The minimum atomic E-state index is -0.186. The Morgan fingerprint density at radius 3 is 2.72 bits per heavy atom. The van der Waals surface area contributed by atoms with Gasteiger partial charge in [0.15, 0.2) is 0 Å². The summed E-state index contributed by atoms with van der Waals surface area (Å²) in [5, 5.41) is 3.58. The van der Waals surface area contributed by atoms with Gasteiger partial charge in [-0.2, -0.15) is 0 Å². The average molecular weight is 314 g/mol. The third kappa shape index (κ3) is 3.55. The number of likely N-dealkylation sites (N-methyl/N-ethyl adjacent to an activating group) is 1. The van der Waals surface area contributed by atoms with Crippen LogP contribution < -0.4 is 5.32 Å². The summed E-state index contributed by atoms with van der Waals surface area (Å²) < 4.78 is 13.8. The molecule has 18 heavy (non-hydrogen) atoms. The maximum absolute atomic E-state index is 13.2. The highest BCUT2D eigenvalue weighted by Crippen LogP contribution is 2.38. The molecule has 0 radical (unpaired) electrons. The second kappa shape index (κ2) is 6.16. The summed E-state index contributed by atoms with van der Waals surface area (Å²) in [6.07, 6.45) is 3.72. The van der Waals surface area contributed by atoms with Crippen molar-refractivity contribution in [2.24, 2.45) is 11.8 Å². The molecule has 0 amide bonds. The van der Waals surface area contributed by atoms with Crippen molar-refractivity contribution in [1.82, 2.24) is 5.32 Å². The summed E-state index contributed by atoms with van der Waals surface area (Å²) in [4.78, 5) is 0. The summed E-state index contributed by atoms with van der Waals surface area (Å²) in [5.74, 6) is 1.40. The zero-order chi connectivity index (χ0) is 13.1. The average Bonchev–Trinajstić information content (AvgIpc) is 3.16. The Bertz CT molecular complexity index is 403. The smallest absolute Gasteiger partial charge is 0.137 e. The van der Waals surface area contributed by atoms with E-state index in [2.05, 4.69) is 35.1 Å². The lowest BCUT2D eigenvalue weighted by atomic mass is 9.91. The molecule has 0 saturated heterocycles. The van der Waals surface area contributed by atoms with Gasteiger partial charge in [0.25, 0.3) is 0 Å². The Labute approximate surface area is 117 Å². The summed E-state index contributed by atoms with van der Waals surface area (Å²) in [6, 6.07) is 5.84. The normalized spacial score (nSPS) is 18.7. The molecule has 100 valence electrons. The monoisotopic (exact) mass is 313 g/mol. The van der Waals surface area contributed by atoms with Crippen molar-refractivity contribution in [3.8, 4) is 0 Å². The maximum atomic E-state index is 13.2. The number of rotatable bonds is 6. The van der Waals surface area contributed by atoms with Crippen molar-refractivity contribution in [1.29, 1.82) is 0 Å². The summed E-state index contributed by atoms with van der Waals surface area (Å²) in [7, 11) is 0. The van der Waals surface area contributed by atoms with Crippen LogP contribution in [0.2, 0.25) is 0 Å². The first-order valence-electron chi connectivity index (χ1n) is 6.79. The molecule has 1 aromatic rings. The Kier molecular flexibility index (Phi) is 4.79. The van der Waals surface area contributed by atoms with Crippen molar-refractivity contribution in [2.75, 3.05) is 6.54 Å². The predicted octanol–water partition coefficient (Wildman–Crippen LogP) is 4.15. The van der Waals surface area contributed by atoms with E-state index in [1.54, 1.807) is 6.07 Å². The van der Waals surface area contributed by atoms with Crippen molar-refractivity contribution in [3.05, 3.63) is 34.1 Å². The van der Waals surface area contributed by atoms with E-state index in [4.69, 9.17) is 0 Å². The fourth-order valence-corrected chi connectivity index (χ4v) is 3.00. The largest absolute Gasteiger partial charge is 0.314 e. The lowest BCUT2D eigenvalue weighted by Crippen LogP contribution is -2.37. The first kappa shape index (κ1) is 14.0. The molecule has 1 aliphatic carbocycles. The van der Waals surface area contributed by atoms with Crippen LogP contribution in [0.1, 0.15) is 32.3 Å². The van der Waals surface area contributed by atoms with Crippen LogP contribution in [0.5, 0.6) is 0 Å². The SMILES string of the molecule is CCNC(Cc1ccc(F)c(Br)c1)C(C)C1CC1. The number of halogens is 2. The Morgan fingerprint density at radius 1 is 1.44 bits per heavy atom. The van der Waals surface area contributed by atoms with Crippen molar-refractivity contribution in [2.45, 2.75) is 39.2 Å². The number of benzene rings is 1. The second-order valence-corrected chi connectivity index (χ2v) is 6.17. The van der Waals surface area contributed by atoms with Crippen LogP contribution in [0.25, 0.3) is 0 Å². The van der Waals surface area contributed by atoms with Crippen LogP contribution in [0, 0.1) is 17.7 Å². The molecule has 1 fully saturated rings. The molecular formula is C15H21BrFN. The van der Waals surface area contributed by atoms with Crippen LogP contribution in [-0.4, -0.2) is 12.6 Å². The molecular weight excluding hydrogens is 293 g/mol. The van der Waals surface area contributed by atoms with Crippen LogP contribution in [-0.2, 0) is 6.42 Å². The van der Waals surface area contributed by atoms with Crippen LogP contribution in [0.15, 0.2) is 22.7 Å². The molecule has 0 heterocycles. The zero-order valence-corrected chi connectivity index (χ0v) is 12.6. The standard InChI is InChI=1S/C15H21BrFN/c1-3-18-15(10(2)12-5-6-12)9-11-4-7-14(17)13(16)8-11/h4,7-8,10,12,15,18H,3,5-6,9H2,1-2H3. The van der Waals surface area contributed by atoms with Gasteiger partial charge in [0, 0.05) is 6.04 Å². The molecule has 1 nitrogen and oxygen atoms in total. The molecule has 0 aliphatic heterocycles. The van der Waals surface area contributed by atoms with Gasteiger partial charge in [-0.05, 0) is 71.3 Å². The van der Waals surface area contributed by atoms with E-state index in [1.165, 1.54) is 18.4 Å². The third-order valence-corrected chi connectivity index (χ3v) is 4.51. The topological polar surface area (TPSA) is 12.0 Å². The third-order valence-electron chi connectivity index (χ3n) is 3.91. The number of hydrogen-bond donors (Lipinski definition) is 1. The van der Waals surface area contributed by atoms with Crippen molar-refractivity contribution >= 4 is 15.9 Å². The first-order chi connectivity index (χ1) is 8.61. The zero-order valence-electron chi connectivity index (χ0n) is 11.0. The molecule has 0 aromatic heterocycles. The number of nitrogens with one attached hydrogen (secondary N) is 1. The van der Waals surface area contributed by atoms with Crippen molar-refractivity contribution in [3.63, 3.8) is 0 Å². The van der Waals surface area contributed by atoms with Gasteiger partial charge in [0.1, 0.15) is 5.82 Å². The quantitative estimate of drug-likeness (QED) is 0.831. The van der Waals surface area contributed by atoms with Crippen molar-refractivity contribution < 1.29 is 4.39 Å². The van der Waals surface area contributed by atoms with Crippen LogP contribution in [0.3, 0.4) is 0 Å². The van der Waals surface area contributed by atoms with Gasteiger partial charge >= 0.3 is 0 Å². The van der Waals surface area contributed by atoms with Gasteiger partial charge in [0.2, 0.25) is 0 Å². The van der Waals surface area contributed by atoms with E-state index in [-0.39, 0.29) is 5.82 Å². The van der Waals surface area contributed by atoms with Gasteiger partial charge in [-0.15, -0.1) is 0 Å². The second-order valence-electron chi connectivity index (χ2n) is 5.31. The minimum Gasteiger partial charge on any atom is -0.314 e. The van der Waals surface area contributed by atoms with Crippen LogP contribution >= 0.6 is 15.9 Å². The fraction of sp³-hybridized carbons (Fsp3) is 0.600. The molecule has 1 aliphatic rings. The van der Waals surface area contributed by atoms with E-state index in [9.17, 15) is 4.39 Å². The molecule has 2 atom stereocenters. The first-order valence-corrected chi connectivity index (χ1v) is 7.58. The molecule has 1 saturated carbocycles. The summed E-state index contributed by atoms with van der Waals surface area (Å²) in [6.45, 7) is 5.47. The predicted molar refractivity (Wildman–Crippen MR) is 77.2 cm³/mol. The molecule has 2 unspecified atom stereocenters. The van der Waals surface area contributed by atoms with Gasteiger partial charge in [-0.3, -0.25) is 0 Å². The highest BCUT2D eigenvalue weighted by molar-refractivity contribution is 9.10. The molecule has 1 N–H and O–H groups in total. The minimum absolute atomic E-state index is 0.186. The van der Waals surface area contributed by atoms with E-state index < -0.39 is 0 Å². The summed E-state index contributed by atoms with van der Waals surface area (Å²) >= 11 is 3.26. The van der Waals surface area contributed by atoms with E-state index >= 15 is 0 Å². The molecule has 2 rings (SSSR count). The molecule has 3 heteroatoms. The maximum Gasteiger partial charge on any atom is 0.137 e. The lowest BCUT2D eigenvalue weighted by Gasteiger charge is -2.25.